The summed E-state index contributed by atoms with van der Waals surface area (Å²) in [5.41, 5.74) is 0.916. The van der Waals surface area contributed by atoms with Gasteiger partial charge in [0.1, 0.15) is 5.82 Å². The van der Waals surface area contributed by atoms with Crippen LogP contribution >= 0.6 is 0 Å². The van der Waals surface area contributed by atoms with Gasteiger partial charge in [-0.1, -0.05) is 25.1 Å². The van der Waals surface area contributed by atoms with Gasteiger partial charge in [0.25, 0.3) is 0 Å². The van der Waals surface area contributed by atoms with E-state index >= 15 is 0 Å². The molecule has 0 atom stereocenters. The molecule has 1 aromatic carbocycles. The van der Waals surface area contributed by atoms with Crippen molar-refractivity contribution in [3.05, 3.63) is 42.2 Å². The van der Waals surface area contributed by atoms with E-state index in [9.17, 15) is 9.90 Å². The van der Waals surface area contributed by atoms with Gasteiger partial charge in [0.2, 0.25) is 0 Å². The normalized spacial score (nSPS) is 16.7. The SMILES string of the molecule is CCN1CCN(C(C)(C)Cn2ccnc2-c2ccccc2C(=O)O)CC1. The Kier molecular flexibility index (Phi) is 5.44. The Morgan fingerprint density at radius 3 is 2.54 bits per heavy atom. The summed E-state index contributed by atoms with van der Waals surface area (Å²) < 4.78 is 2.08. The zero-order valence-corrected chi connectivity index (χ0v) is 15.9. The van der Waals surface area contributed by atoms with Gasteiger partial charge in [-0.25, -0.2) is 9.78 Å². The molecule has 6 nitrogen and oxygen atoms in total. The Labute approximate surface area is 155 Å². The highest BCUT2D eigenvalue weighted by Gasteiger charge is 2.31. The highest BCUT2D eigenvalue weighted by molar-refractivity contribution is 5.95. The lowest BCUT2D eigenvalue weighted by Crippen LogP contribution is -2.56. The van der Waals surface area contributed by atoms with Gasteiger partial charge < -0.3 is 14.6 Å². The molecule has 140 valence electrons. The van der Waals surface area contributed by atoms with Crippen LogP contribution in [0.1, 0.15) is 31.1 Å². The number of imidazole rings is 1. The van der Waals surface area contributed by atoms with Crippen molar-refractivity contribution < 1.29 is 9.90 Å². The smallest absolute Gasteiger partial charge is 0.336 e. The first kappa shape index (κ1) is 18.6. The maximum absolute atomic E-state index is 11.6. The van der Waals surface area contributed by atoms with Crippen LogP contribution in [-0.2, 0) is 6.54 Å². The average Bonchev–Trinajstić information content (AvgIpc) is 3.09. The van der Waals surface area contributed by atoms with E-state index in [1.54, 1.807) is 18.3 Å². The van der Waals surface area contributed by atoms with E-state index < -0.39 is 5.97 Å². The van der Waals surface area contributed by atoms with Crippen molar-refractivity contribution in [3.63, 3.8) is 0 Å². The monoisotopic (exact) mass is 356 g/mol. The van der Waals surface area contributed by atoms with Gasteiger partial charge in [0, 0.05) is 56.2 Å². The van der Waals surface area contributed by atoms with E-state index in [-0.39, 0.29) is 11.1 Å². The molecule has 1 aliphatic rings. The lowest BCUT2D eigenvalue weighted by molar-refractivity contribution is 0.0444. The van der Waals surface area contributed by atoms with E-state index in [1.807, 2.05) is 18.3 Å². The minimum Gasteiger partial charge on any atom is -0.478 e. The van der Waals surface area contributed by atoms with E-state index in [4.69, 9.17) is 0 Å². The lowest BCUT2D eigenvalue weighted by Gasteiger charge is -2.44. The number of nitrogens with zero attached hydrogens (tertiary/aromatic N) is 4. The van der Waals surface area contributed by atoms with Crippen molar-refractivity contribution in [1.82, 2.24) is 19.4 Å². The number of carboxylic acid groups (broad SMARTS) is 1. The molecule has 26 heavy (non-hydrogen) atoms. The Morgan fingerprint density at radius 2 is 1.88 bits per heavy atom. The molecule has 1 fully saturated rings. The second-order valence-electron chi connectivity index (χ2n) is 7.46. The molecule has 2 aromatic rings. The molecule has 0 radical (unpaired) electrons. The Bertz CT molecular complexity index is 761. The minimum absolute atomic E-state index is 0.0343. The number of aromatic nitrogens is 2. The molecule has 0 unspecified atom stereocenters. The summed E-state index contributed by atoms with van der Waals surface area (Å²) in [6, 6.07) is 7.06. The highest BCUT2D eigenvalue weighted by atomic mass is 16.4. The molecule has 3 rings (SSSR count). The molecule has 0 bridgehead atoms. The van der Waals surface area contributed by atoms with E-state index in [1.165, 1.54) is 0 Å². The number of benzene rings is 1. The van der Waals surface area contributed by atoms with E-state index in [0.717, 1.165) is 39.3 Å². The molecule has 1 aliphatic heterocycles. The van der Waals surface area contributed by atoms with Crippen LogP contribution in [0.5, 0.6) is 0 Å². The van der Waals surface area contributed by atoms with Crippen LogP contribution in [-0.4, -0.2) is 68.7 Å². The van der Waals surface area contributed by atoms with E-state index in [2.05, 4.69) is 40.1 Å². The van der Waals surface area contributed by atoms with Crippen LogP contribution in [0.4, 0.5) is 0 Å². The molecule has 0 aliphatic carbocycles. The third-order valence-corrected chi connectivity index (χ3v) is 5.35. The summed E-state index contributed by atoms with van der Waals surface area (Å²) in [7, 11) is 0. The first-order chi connectivity index (χ1) is 12.4. The Morgan fingerprint density at radius 1 is 1.19 bits per heavy atom. The van der Waals surface area contributed by atoms with Gasteiger partial charge >= 0.3 is 5.97 Å². The Balaban J connectivity index is 1.82. The van der Waals surface area contributed by atoms with Crippen LogP contribution in [0, 0.1) is 0 Å². The molecule has 2 heterocycles. The summed E-state index contributed by atoms with van der Waals surface area (Å²) >= 11 is 0. The van der Waals surface area contributed by atoms with Gasteiger partial charge in [0.15, 0.2) is 0 Å². The summed E-state index contributed by atoms with van der Waals surface area (Å²) in [6.45, 7) is 12.9. The van der Waals surface area contributed by atoms with Gasteiger partial charge in [-0.15, -0.1) is 0 Å². The quantitative estimate of drug-likeness (QED) is 0.862. The zero-order valence-electron chi connectivity index (χ0n) is 15.9. The fourth-order valence-corrected chi connectivity index (χ4v) is 3.73. The molecule has 0 amide bonds. The van der Waals surface area contributed by atoms with Crippen LogP contribution < -0.4 is 0 Å². The zero-order chi connectivity index (χ0) is 18.7. The number of aromatic carboxylic acids is 1. The van der Waals surface area contributed by atoms with Crippen LogP contribution in [0.2, 0.25) is 0 Å². The number of hydrogen-bond donors (Lipinski definition) is 1. The van der Waals surface area contributed by atoms with Crippen molar-refractivity contribution in [2.24, 2.45) is 0 Å². The third-order valence-electron chi connectivity index (χ3n) is 5.35. The van der Waals surface area contributed by atoms with Gasteiger partial charge in [-0.3, -0.25) is 4.90 Å². The number of carboxylic acids is 1. The average molecular weight is 356 g/mol. The summed E-state index contributed by atoms with van der Waals surface area (Å²) in [4.78, 5) is 21.0. The number of carbonyl (C=O) groups is 1. The molecule has 0 spiro atoms. The molecular formula is C20H28N4O2. The van der Waals surface area contributed by atoms with E-state index in [0.29, 0.717) is 11.4 Å². The molecule has 1 aromatic heterocycles. The molecule has 6 heteroatoms. The highest BCUT2D eigenvalue weighted by Crippen LogP contribution is 2.26. The maximum Gasteiger partial charge on any atom is 0.336 e. The fraction of sp³-hybridized carbons (Fsp3) is 0.500. The van der Waals surface area contributed by atoms with Crippen LogP contribution in [0.3, 0.4) is 0 Å². The minimum atomic E-state index is -0.926. The van der Waals surface area contributed by atoms with Crippen molar-refractivity contribution in [2.75, 3.05) is 32.7 Å². The standard InChI is InChI=1S/C20H28N4O2/c1-4-22-11-13-24(14-12-22)20(2,3)15-23-10-9-21-18(23)16-7-5-6-8-17(16)19(25)26/h5-10H,4,11-15H2,1-3H3,(H,25,26). The van der Waals surface area contributed by atoms with Crippen molar-refractivity contribution in [3.8, 4) is 11.4 Å². The van der Waals surface area contributed by atoms with Crippen molar-refractivity contribution in [2.45, 2.75) is 32.9 Å². The molecule has 1 saturated heterocycles. The van der Waals surface area contributed by atoms with Crippen molar-refractivity contribution >= 4 is 5.97 Å². The summed E-state index contributed by atoms with van der Waals surface area (Å²) in [5, 5.41) is 9.49. The van der Waals surface area contributed by atoms with Crippen LogP contribution in [0.25, 0.3) is 11.4 Å². The van der Waals surface area contributed by atoms with Gasteiger partial charge in [0.05, 0.1) is 5.56 Å². The number of rotatable bonds is 6. The summed E-state index contributed by atoms with van der Waals surface area (Å²) in [6.07, 6.45) is 3.69. The topological polar surface area (TPSA) is 61.6 Å². The van der Waals surface area contributed by atoms with Gasteiger partial charge in [-0.2, -0.15) is 0 Å². The van der Waals surface area contributed by atoms with Crippen molar-refractivity contribution in [1.29, 1.82) is 0 Å². The first-order valence-corrected chi connectivity index (χ1v) is 9.23. The number of hydrogen-bond acceptors (Lipinski definition) is 4. The first-order valence-electron chi connectivity index (χ1n) is 9.23. The molecular weight excluding hydrogens is 328 g/mol. The number of likely N-dealkylation sites (N-methyl/N-ethyl adjacent to an activating group) is 1. The molecule has 0 saturated carbocycles. The second kappa shape index (κ2) is 7.60. The second-order valence-corrected chi connectivity index (χ2v) is 7.46. The van der Waals surface area contributed by atoms with Crippen LogP contribution in [0.15, 0.2) is 36.7 Å². The Hall–Kier alpha value is -2.18. The fourth-order valence-electron chi connectivity index (χ4n) is 3.73. The maximum atomic E-state index is 11.6. The lowest BCUT2D eigenvalue weighted by atomic mass is 10.0. The predicted molar refractivity (Wildman–Crippen MR) is 102 cm³/mol. The molecule has 1 N–H and O–H groups in total. The largest absolute Gasteiger partial charge is 0.478 e. The third kappa shape index (κ3) is 3.81. The number of piperazine rings is 1. The van der Waals surface area contributed by atoms with Gasteiger partial charge in [-0.05, 0) is 26.5 Å². The predicted octanol–water partition coefficient (Wildman–Crippen LogP) is 2.66. The summed E-state index contributed by atoms with van der Waals surface area (Å²) in [5.74, 6) is -0.214.